The number of dihydropyridines is 1. The first kappa shape index (κ1) is 27.3. The Balaban J connectivity index is 1.61. The van der Waals surface area contributed by atoms with Crippen LogP contribution >= 0.6 is 39.1 Å². The highest BCUT2D eigenvalue weighted by Gasteiger charge is 2.43. The maximum Gasteiger partial charge on any atom is 0.336 e. The number of benzene rings is 3. The Bertz CT molecular complexity index is 1580. The van der Waals surface area contributed by atoms with Gasteiger partial charge in [-0.1, -0.05) is 69.5 Å². The minimum atomic E-state index is -0.702. The third kappa shape index (κ3) is 4.95. The normalized spacial score (nSPS) is 16.1. The molecule has 3 aromatic rings. The Hall–Kier alpha value is -3.26. The number of hydrogen-bond donors (Lipinski definition) is 1. The zero-order valence-electron chi connectivity index (χ0n) is 21.4. The van der Waals surface area contributed by atoms with Crippen LogP contribution in [0.1, 0.15) is 46.8 Å². The van der Waals surface area contributed by atoms with Crippen molar-refractivity contribution in [2.24, 2.45) is 0 Å². The number of esters is 1. The van der Waals surface area contributed by atoms with Gasteiger partial charge >= 0.3 is 5.97 Å². The van der Waals surface area contributed by atoms with Crippen LogP contribution in [0.2, 0.25) is 10.0 Å². The van der Waals surface area contributed by atoms with E-state index < -0.39 is 11.9 Å². The maximum absolute atomic E-state index is 13.7. The molecule has 0 saturated heterocycles. The van der Waals surface area contributed by atoms with Gasteiger partial charge in [0.25, 0.3) is 0 Å². The minimum absolute atomic E-state index is 0.142. The van der Waals surface area contributed by atoms with Gasteiger partial charge < -0.3 is 19.5 Å². The quantitative estimate of drug-likeness (QED) is 0.274. The fourth-order valence-corrected chi connectivity index (χ4v) is 5.84. The summed E-state index contributed by atoms with van der Waals surface area (Å²) in [5, 5.41) is 4.20. The first-order valence-corrected chi connectivity index (χ1v) is 13.8. The molecule has 0 spiro atoms. The molecule has 0 bridgehead atoms. The van der Waals surface area contributed by atoms with Crippen LogP contribution in [-0.2, 0) is 16.1 Å². The van der Waals surface area contributed by atoms with Gasteiger partial charge in [-0.15, -0.1) is 0 Å². The molecule has 1 heterocycles. The van der Waals surface area contributed by atoms with Crippen molar-refractivity contribution in [2.45, 2.75) is 26.4 Å². The van der Waals surface area contributed by atoms with Crippen LogP contribution in [0.5, 0.6) is 11.5 Å². The predicted molar refractivity (Wildman–Crippen MR) is 154 cm³/mol. The summed E-state index contributed by atoms with van der Waals surface area (Å²) in [5.74, 6) is -0.405. The van der Waals surface area contributed by atoms with E-state index in [1.807, 2.05) is 37.3 Å². The monoisotopic (exact) mass is 627 g/mol. The first-order valence-electron chi connectivity index (χ1n) is 12.2. The van der Waals surface area contributed by atoms with Gasteiger partial charge in [-0.2, -0.15) is 0 Å². The highest BCUT2D eigenvalue weighted by atomic mass is 79.9. The van der Waals surface area contributed by atoms with Gasteiger partial charge in [-0.05, 0) is 49.2 Å². The zero-order valence-corrected chi connectivity index (χ0v) is 24.5. The van der Waals surface area contributed by atoms with Gasteiger partial charge in [-0.25, -0.2) is 4.79 Å². The molecule has 0 fully saturated rings. The molecule has 0 aromatic heterocycles. The molecular formula is C30H24BrCl2NO5. The molecule has 0 unspecified atom stereocenters. The summed E-state index contributed by atoms with van der Waals surface area (Å²) in [6, 6.07) is 16.3. The van der Waals surface area contributed by atoms with Crippen LogP contribution in [0.3, 0.4) is 0 Å². The number of nitrogens with one attached hydrogen (secondary N) is 1. The number of fused-ring (bicyclic) bond motifs is 2. The second-order valence-corrected chi connectivity index (χ2v) is 10.7. The molecule has 5 rings (SSSR count). The Labute approximate surface area is 244 Å². The third-order valence-corrected chi connectivity index (χ3v) is 8.13. The Morgan fingerprint density at radius 1 is 1.00 bits per heavy atom. The second-order valence-electron chi connectivity index (χ2n) is 9.04. The summed E-state index contributed by atoms with van der Waals surface area (Å²) in [6.45, 7) is 4.29. The average molecular weight is 629 g/mol. The molecule has 3 aromatic carbocycles. The van der Waals surface area contributed by atoms with E-state index in [2.05, 4.69) is 21.2 Å². The molecule has 1 aliphatic heterocycles. The van der Waals surface area contributed by atoms with E-state index in [0.29, 0.717) is 66.3 Å². The van der Waals surface area contributed by atoms with Gasteiger partial charge in [0, 0.05) is 26.9 Å². The number of allylic oxidation sites excluding steroid dienone is 2. The number of rotatable bonds is 7. The van der Waals surface area contributed by atoms with Crippen molar-refractivity contribution in [1.29, 1.82) is 0 Å². The standard InChI is InChI=1S/C30H24BrCl2NO5/c1-4-38-23-12-19(20(31)13-24(23)39-14-16-9-10-21(32)22(33)11-16)26-25(30(36)37-3)15(2)34-28-17-7-5-6-8-18(17)29(35)27(26)28/h5-13,26,34H,4,14H2,1-3H3/t26-/m1/s1. The third-order valence-electron chi connectivity index (χ3n) is 6.71. The Kier molecular flexibility index (Phi) is 7.76. The van der Waals surface area contributed by atoms with Gasteiger partial charge in [0.1, 0.15) is 6.61 Å². The number of hydrogen-bond acceptors (Lipinski definition) is 6. The molecule has 0 radical (unpaired) electrons. The molecule has 0 amide bonds. The number of carbonyl (C=O) groups is 2. The average Bonchev–Trinajstić information content (AvgIpc) is 3.21. The van der Waals surface area contributed by atoms with Gasteiger partial charge in [-0.3, -0.25) is 4.79 Å². The van der Waals surface area contributed by atoms with Crippen molar-refractivity contribution in [2.75, 3.05) is 13.7 Å². The van der Waals surface area contributed by atoms with Crippen molar-refractivity contribution in [3.63, 3.8) is 0 Å². The number of ketones is 1. The lowest BCUT2D eigenvalue weighted by atomic mass is 9.79. The lowest BCUT2D eigenvalue weighted by Crippen LogP contribution is -2.29. The number of ether oxygens (including phenoxy) is 3. The van der Waals surface area contributed by atoms with E-state index in [0.717, 1.165) is 11.1 Å². The highest BCUT2D eigenvalue weighted by molar-refractivity contribution is 9.10. The molecule has 0 saturated carbocycles. The van der Waals surface area contributed by atoms with Crippen molar-refractivity contribution in [3.05, 3.63) is 108 Å². The van der Waals surface area contributed by atoms with E-state index in [1.165, 1.54) is 7.11 Å². The van der Waals surface area contributed by atoms with Crippen LogP contribution < -0.4 is 14.8 Å². The van der Waals surface area contributed by atoms with Crippen LogP contribution in [-0.4, -0.2) is 25.5 Å². The van der Waals surface area contributed by atoms with Crippen molar-refractivity contribution >= 4 is 56.6 Å². The summed E-state index contributed by atoms with van der Waals surface area (Å²) in [6.07, 6.45) is 0. The molecule has 39 heavy (non-hydrogen) atoms. The fraction of sp³-hybridized carbons (Fsp3) is 0.200. The number of halogens is 3. The molecule has 1 atom stereocenters. The van der Waals surface area contributed by atoms with E-state index >= 15 is 0 Å². The number of carbonyl (C=O) groups excluding carboxylic acids is 2. The van der Waals surface area contributed by atoms with E-state index in [-0.39, 0.29) is 12.4 Å². The fourth-order valence-electron chi connectivity index (χ4n) is 4.96. The van der Waals surface area contributed by atoms with E-state index in [1.54, 1.807) is 31.2 Å². The summed E-state index contributed by atoms with van der Waals surface area (Å²) in [4.78, 5) is 26.8. The predicted octanol–water partition coefficient (Wildman–Crippen LogP) is 7.48. The van der Waals surface area contributed by atoms with Crippen LogP contribution in [0.4, 0.5) is 0 Å². The van der Waals surface area contributed by atoms with Gasteiger partial charge in [0.2, 0.25) is 0 Å². The lowest BCUT2D eigenvalue weighted by Gasteiger charge is -2.30. The first-order chi connectivity index (χ1) is 18.7. The topological polar surface area (TPSA) is 73.9 Å². The van der Waals surface area contributed by atoms with Crippen LogP contribution in [0.15, 0.2) is 75.9 Å². The lowest BCUT2D eigenvalue weighted by molar-refractivity contribution is -0.136. The smallest absolute Gasteiger partial charge is 0.336 e. The SMILES string of the molecule is CCOc1cc([C@@H]2C(C(=O)OC)=C(C)NC3=C2C(=O)c2ccccc23)c(Br)cc1OCc1ccc(Cl)c(Cl)c1. The summed E-state index contributed by atoms with van der Waals surface area (Å²) in [5.41, 5.74) is 5.03. The van der Waals surface area contributed by atoms with Crippen molar-refractivity contribution < 1.29 is 23.8 Å². The maximum atomic E-state index is 13.7. The van der Waals surface area contributed by atoms with Gasteiger partial charge in [0.05, 0.1) is 40.9 Å². The second kappa shape index (κ2) is 11.1. The minimum Gasteiger partial charge on any atom is -0.490 e. The van der Waals surface area contributed by atoms with Crippen LogP contribution in [0.25, 0.3) is 5.70 Å². The highest BCUT2D eigenvalue weighted by Crippen LogP contribution is 2.50. The molecule has 9 heteroatoms. The summed E-state index contributed by atoms with van der Waals surface area (Å²) >= 11 is 15.9. The molecular weight excluding hydrogens is 605 g/mol. The van der Waals surface area contributed by atoms with E-state index in [9.17, 15) is 9.59 Å². The molecule has 1 aliphatic carbocycles. The van der Waals surface area contributed by atoms with Crippen molar-refractivity contribution in [1.82, 2.24) is 5.32 Å². The number of Topliss-reactive ketones (excluding diaryl/α,β-unsaturated/α-hetero) is 1. The zero-order chi connectivity index (χ0) is 27.8. The molecule has 6 nitrogen and oxygen atoms in total. The summed E-state index contributed by atoms with van der Waals surface area (Å²) in [7, 11) is 1.33. The largest absolute Gasteiger partial charge is 0.490 e. The summed E-state index contributed by atoms with van der Waals surface area (Å²) < 4.78 is 17.9. The van der Waals surface area contributed by atoms with Crippen molar-refractivity contribution in [3.8, 4) is 11.5 Å². The van der Waals surface area contributed by atoms with Gasteiger partial charge in [0.15, 0.2) is 17.3 Å². The van der Waals surface area contributed by atoms with Crippen LogP contribution in [0, 0.1) is 0 Å². The molecule has 200 valence electrons. The number of methoxy groups -OCH3 is 1. The Morgan fingerprint density at radius 3 is 2.41 bits per heavy atom. The molecule has 2 aliphatic rings. The molecule has 1 N–H and O–H groups in total. The Morgan fingerprint density at radius 2 is 1.72 bits per heavy atom. The van der Waals surface area contributed by atoms with E-state index in [4.69, 9.17) is 37.4 Å².